The lowest BCUT2D eigenvalue weighted by molar-refractivity contribution is 0.0989. The Morgan fingerprint density at radius 1 is 1.30 bits per heavy atom. The summed E-state index contributed by atoms with van der Waals surface area (Å²) >= 11 is 1.64. The highest BCUT2D eigenvalue weighted by Crippen LogP contribution is 2.29. The maximum Gasteiger partial charge on any atom is 0.123 e. The van der Waals surface area contributed by atoms with Gasteiger partial charge in [0.15, 0.2) is 0 Å². The molecule has 112 valence electrons. The second-order valence-electron chi connectivity index (χ2n) is 5.72. The zero-order chi connectivity index (χ0) is 14.0. The van der Waals surface area contributed by atoms with Crippen LogP contribution in [0, 0.1) is 5.82 Å². The Balaban J connectivity index is 0.00000200. The molecule has 0 fully saturated rings. The van der Waals surface area contributed by atoms with Crippen molar-refractivity contribution in [2.75, 3.05) is 13.2 Å². The molecule has 2 rings (SSSR count). The molecule has 0 saturated carbocycles. The second kappa shape index (κ2) is 6.85. The largest absolute Gasteiger partial charge is 0.395 e. The maximum absolute atomic E-state index is 13.4. The summed E-state index contributed by atoms with van der Waals surface area (Å²) in [4.78, 5) is 2.21. The SMILES string of the molecule is CC(C)(C)N(CCO)Cc1csc2ccc(F)cc12.Cl. The van der Waals surface area contributed by atoms with E-state index < -0.39 is 0 Å². The van der Waals surface area contributed by atoms with Crippen LogP contribution >= 0.6 is 23.7 Å². The third-order valence-corrected chi connectivity index (χ3v) is 4.31. The topological polar surface area (TPSA) is 23.5 Å². The van der Waals surface area contributed by atoms with E-state index in [4.69, 9.17) is 0 Å². The predicted molar refractivity (Wildman–Crippen MR) is 86.3 cm³/mol. The number of hydrogen-bond donors (Lipinski definition) is 1. The number of hydrogen-bond acceptors (Lipinski definition) is 3. The first-order valence-electron chi connectivity index (χ1n) is 6.43. The fraction of sp³-hybridized carbons (Fsp3) is 0.467. The van der Waals surface area contributed by atoms with Gasteiger partial charge in [-0.25, -0.2) is 4.39 Å². The van der Waals surface area contributed by atoms with Gasteiger partial charge in [0, 0.05) is 23.3 Å². The van der Waals surface area contributed by atoms with Gasteiger partial charge < -0.3 is 5.11 Å². The summed E-state index contributed by atoms with van der Waals surface area (Å²) in [6.45, 7) is 7.85. The fourth-order valence-corrected chi connectivity index (χ4v) is 3.09. The fourth-order valence-electron chi connectivity index (χ4n) is 2.15. The highest BCUT2D eigenvalue weighted by atomic mass is 35.5. The number of aliphatic hydroxyl groups excluding tert-OH is 1. The number of β-amino-alcohol motifs (C(OH)–C–C–N with tert-alkyl or cyclic N) is 1. The maximum atomic E-state index is 13.4. The van der Waals surface area contributed by atoms with Crippen molar-refractivity contribution in [1.29, 1.82) is 0 Å². The lowest BCUT2D eigenvalue weighted by Crippen LogP contribution is -2.42. The third-order valence-electron chi connectivity index (χ3n) is 3.30. The standard InChI is InChI=1S/C15H20FNOS.ClH/c1-15(2,3)17(6-7-18)9-11-10-19-14-5-4-12(16)8-13(11)14;/h4-5,8,10,18H,6-7,9H2,1-3H3;1H. The lowest BCUT2D eigenvalue weighted by Gasteiger charge is -2.35. The normalized spacial score (nSPS) is 11.9. The van der Waals surface area contributed by atoms with E-state index in [1.807, 2.05) is 6.07 Å². The van der Waals surface area contributed by atoms with Crippen LogP contribution in [0.4, 0.5) is 4.39 Å². The highest BCUT2D eigenvalue weighted by molar-refractivity contribution is 7.17. The molecule has 0 spiro atoms. The van der Waals surface area contributed by atoms with Crippen molar-refractivity contribution in [3.05, 3.63) is 35.0 Å². The van der Waals surface area contributed by atoms with E-state index in [9.17, 15) is 9.50 Å². The third kappa shape index (κ3) is 3.92. The molecule has 1 heterocycles. The molecule has 0 radical (unpaired) electrons. The van der Waals surface area contributed by atoms with Crippen LogP contribution < -0.4 is 0 Å². The number of aliphatic hydroxyl groups is 1. The van der Waals surface area contributed by atoms with Crippen LogP contribution in [-0.2, 0) is 6.54 Å². The van der Waals surface area contributed by atoms with Gasteiger partial charge in [-0.2, -0.15) is 0 Å². The smallest absolute Gasteiger partial charge is 0.123 e. The quantitative estimate of drug-likeness (QED) is 0.919. The number of fused-ring (bicyclic) bond motifs is 1. The lowest BCUT2D eigenvalue weighted by atomic mass is 10.0. The van der Waals surface area contributed by atoms with Crippen LogP contribution in [0.1, 0.15) is 26.3 Å². The molecule has 1 aromatic carbocycles. The summed E-state index contributed by atoms with van der Waals surface area (Å²) in [5, 5.41) is 12.3. The summed E-state index contributed by atoms with van der Waals surface area (Å²) in [6, 6.07) is 4.92. The second-order valence-corrected chi connectivity index (χ2v) is 6.63. The molecule has 2 nitrogen and oxygen atoms in total. The van der Waals surface area contributed by atoms with Crippen molar-refractivity contribution in [2.24, 2.45) is 0 Å². The molecule has 1 N–H and O–H groups in total. The van der Waals surface area contributed by atoms with Crippen LogP contribution in [0.15, 0.2) is 23.6 Å². The minimum atomic E-state index is -0.198. The van der Waals surface area contributed by atoms with Gasteiger partial charge in [0.2, 0.25) is 0 Å². The number of halogens is 2. The van der Waals surface area contributed by atoms with E-state index >= 15 is 0 Å². The predicted octanol–water partition coefficient (Wildman–Crippen LogP) is 4.06. The van der Waals surface area contributed by atoms with E-state index in [1.54, 1.807) is 17.4 Å². The zero-order valence-electron chi connectivity index (χ0n) is 12.0. The average molecular weight is 318 g/mol. The number of nitrogens with zero attached hydrogens (tertiary/aromatic N) is 1. The molecule has 0 atom stereocenters. The van der Waals surface area contributed by atoms with E-state index in [0.717, 1.165) is 22.2 Å². The number of benzene rings is 1. The van der Waals surface area contributed by atoms with Gasteiger partial charge >= 0.3 is 0 Å². The molecule has 0 unspecified atom stereocenters. The summed E-state index contributed by atoms with van der Waals surface area (Å²) in [5.41, 5.74) is 1.10. The van der Waals surface area contributed by atoms with Crippen LogP contribution in [0.3, 0.4) is 0 Å². The first-order valence-corrected chi connectivity index (χ1v) is 7.31. The summed E-state index contributed by atoms with van der Waals surface area (Å²) in [6.07, 6.45) is 0. The number of thiophene rings is 1. The van der Waals surface area contributed by atoms with Gasteiger partial charge in [-0.1, -0.05) is 0 Å². The van der Waals surface area contributed by atoms with Gasteiger partial charge in [0.05, 0.1) is 6.61 Å². The van der Waals surface area contributed by atoms with E-state index in [0.29, 0.717) is 6.54 Å². The molecule has 0 saturated heterocycles. The average Bonchev–Trinajstić information content (AvgIpc) is 2.70. The first kappa shape index (κ1) is 17.4. The van der Waals surface area contributed by atoms with Crippen LogP contribution in [0.2, 0.25) is 0 Å². The van der Waals surface area contributed by atoms with Crippen molar-refractivity contribution in [3.63, 3.8) is 0 Å². The summed E-state index contributed by atoms with van der Waals surface area (Å²) in [7, 11) is 0. The molecule has 0 aliphatic heterocycles. The summed E-state index contributed by atoms with van der Waals surface area (Å²) in [5.74, 6) is -0.198. The molecule has 0 amide bonds. The Labute approximate surface area is 129 Å². The van der Waals surface area contributed by atoms with Crippen molar-refractivity contribution < 1.29 is 9.50 Å². The Hall–Kier alpha value is -0.680. The van der Waals surface area contributed by atoms with Gasteiger partial charge in [-0.3, -0.25) is 4.90 Å². The molecular weight excluding hydrogens is 297 g/mol. The van der Waals surface area contributed by atoms with Crippen LogP contribution in [-0.4, -0.2) is 28.7 Å². The van der Waals surface area contributed by atoms with Gasteiger partial charge in [-0.15, -0.1) is 23.7 Å². The van der Waals surface area contributed by atoms with Crippen molar-refractivity contribution in [2.45, 2.75) is 32.9 Å². The van der Waals surface area contributed by atoms with Gasteiger partial charge in [0.1, 0.15) is 5.82 Å². The Kier molecular flexibility index (Phi) is 5.95. The minimum Gasteiger partial charge on any atom is -0.395 e. The molecular formula is C15H21ClFNOS. The Morgan fingerprint density at radius 2 is 2.00 bits per heavy atom. The van der Waals surface area contributed by atoms with Crippen molar-refractivity contribution in [1.82, 2.24) is 4.90 Å². The van der Waals surface area contributed by atoms with Crippen LogP contribution in [0.25, 0.3) is 10.1 Å². The molecule has 0 bridgehead atoms. The molecule has 1 aromatic heterocycles. The molecule has 0 aliphatic rings. The van der Waals surface area contributed by atoms with Crippen molar-refractivity contribution >= 4 is 33.8 Å². The Morgan fingerprint density at radius 3 is 2.60 bits per heavy atom. The van der Waals surface area contributed by atoms with E-state index in [-0.39, 0.29) is 30.4 Å². The summed E-state index contributed by atoms with van der Waals surface area (Å²) < 4.78 is 14.5. The minimum absolute atomic E-state index is 0. The van der Waals surface area contributed by atoms with Crippen molar-refractivity contribution in [3.8, 4) is 0 Å². The molecule has 20 heavy (non-hydrogen) atoms. The zero-order valence-corrected chi connectivity index (χ0v) is 13.7. The van der Waals surface area contributed by atoms with Gasteiger partial charge in [-0.05, 0) is 55.3 Å². The van der Waals surface area contributed by atoms with E-state index in [1.165, 1.54) is 6.07 Å². The van der Waals surface area contributed by atoms with E-state index in [2.05, 4.69) is 31.1 Å². The molecule has 0 aliphatic carbocycles. The number of rotatable bonds is 4. The Bertz CT molecular complexity index is 564. The van der Waals surface area contributed by atoms with Crippen LogP contribution in [0.5, 0.6) is 0 Å². The molecule has 5 heteroatoms. The first-order chi connectivity index (χ1) is 8.91. The highest BCUT2D eigenvalue weighted by Gasteiger charge is 2.21. The molecule has 2 aromatic rings. The van der Waals surface area contributed by atoms with Gasteiger partial charge in [0.25, 0.3) is 0 Å². The monoisotopic (exact) mass is 317 g/mol.